The zero-order chi connectivity index (χ0) is 15.6. The maximum absolute atomic E-state index is 13.7. The van der Waals surface area contributed by atoms with Gasteiger partial charge in [-0.05, 0) is 31.1 Å². The molecule has 2 unspecified atom stereocenters. The van der Waals surface area contributed by atoms with Crippen LogP contribution in [0.1, 0.15) is 46.0 Å². The standard InChI is InChI=1S/C16H21F4N/c1-9(2)10-4-3-5-11(7-6-10)21-16-14(19)12(17)8-13(18)15(16)20/h8-11,21H,3-7H2,1-2H3. The van der Waals surface area contributed by atoms with Crippen LogP contribution in [0.15, 0.2) is 6.07 Å². The molecule has 0 heterocycles. The molecule has 5 heteroatoms. The molecule has 2 rings (SSSR count). The van der Waals surface area contributed by atoms with Crippen LogP contribution in [0.2, 0.25) is 0 Å². The van der Waals surface area contributed by atoms with Gasteiger partial charge in [-0.15, -0.1) is 0 Å². The maximum atomic E-state index is 13.7. The fourth-order valence-electron chi connectivity index (χ4n) is 3.05. The van der Waals surface area contributed by atoms with Crippen molar-refractivity contribution in [3.05, 3.63) is 29.3 Å². The zero-order valence-electron chi connectivity index (χ0n) is 12.4. The molecule has 0 aliphatic heterocycles. The lowest BCUT2D eigenvalue weighted by molar-refractivity contribution is 0.341. The van der Waals surface area contributed by atoms with Gasteiger partial charge in [-0.25, -0.2) is 17.6 Å². The van der Waals surface area contributed by atoms with Crippen LogP contribution in [0.3, 0.4) is 0 Å². The Kier molecular flexibility index (Phi) is 5.12. The van der Waals surface area contributed by atoms with Crippen molar-refractivity contribution in [1.82, 2.24) is 0 Å². The van der Waals surface area contributed by atoms with Crippen molar-refractivity contribution >= 4 is 5.69 Å². The van der Waals surface area contributed by atoms with Crippen LogP contribution in [-0.2, 0) is 0 Å². The normalized spacial score (nSPS) is 23.2. The zero-order valence-corrected chi connectivity index (χ0v) is 12.4. The first-order valence-corrected chi connectivity index (χ1v) is 7.49. The van der Waals surface area contributed by atoms with Gasteiger partial charge < -0.3 is 5.32 Å². The molecule has 1 aliphatic carbocycles. The molecule has 0 saturated heterocycles. The van der Waals surface area contributed by atoms with E-state index in [-0.39, 0.29) is 12.1 Å². The van der Waals surface area contributed by atoms with E-state index in [1.165, 1.54) is 0 Å². The monoisotopic (exact) mass is 303 g/mol. The van der Waals surface area contributed by atoms with E-state index >= 15 is 0 Å². The maximum Gasteiger partial charge on any atom is 0.185 e. The summed E-state index contributed by atoms with van der Waals surface area (Å²) in [6.07, 6.45) is 4.48. The highest BCUT2D eigenvalue weighted by Gasteiger charge is 2.25. The third-order valence-electron chi connectivity index (χ3n) is 4.42. The van der Waals surface area contributed by atoms with E-state index in [0.717, 1.165) is 32.1 Å². The van der Waals surface area contributed by atoms with E-state index < -0.39 is 29.0 Å². The highest BCUT2D eigenvalue weighted by molar-refractivity contribution is 5.48. The van der Waals surface area contributed by atoms with Crippen molar-refractivity contribution in [3.63, 3.8) is 0 Å². The lowest BCUT2D eigenvalue weighted by Gasteiger charge is -2.20. The first-order valence-electron chi connectivity index (χ1n) is 7.49. The van der Waals surface area contributed by atoms with Gasteiger partial charge in [0.15, 0.2) is 23.3 Å². The Balaban J connectivity index is 2.12. The van der Waals surface area contributed by atoms with Gasteiger partial charge in [-0.3, -0.25) is 0 Å². The molecule has 118 valence electrons. The van der Waals surface area contributed by atoms with Crippen LogP contribution >= 0.6 is 0 Å². The van der Waals surface area contributed by atoms with Crippen LogP contribution in [0.4, 0.5) is 23.2 Å². The van der Waals surface area contributed by atoms with Crippen molar-refractivity contribution in [2.24, 2.45) is 11.8 Å². The quantitative estimate of drug-likeness (QED) is 0.456. The molecular weight excluding hydrogens is 282 g/mol. The molecule has 0 amide bonds. The number of benzene rings is 1. The summed E-state index contributed by atoms with van der Waals surface area (Å²) in [7, 11) is 0. The molecule has 1 nitrogen and oxygen atoms in total. The predicted molar refractivity (Wildman–Crippen MR) is 75.1 cm³/mol. The van der Waals surface area contributed by atoms with Crippen molar-refractivity contribution in [1.29, 1.82) is 0 Å². The fraction of sp³-hybridized carbons (Fsp3) is 0.625. The largest absolute Gasteiger partial charge is 0.377 e. The minimum Gasteiger partial charge on any atom is -0.377 e. The lowest BCUT2D eigenvalue weighted by Crippen LogP contribution is -2.21. The van der Waals surface area contributed by atoms with Crippen molar-refractivity contribution in [2.75, 3.05) is 5.32 Å². The average Bonchev–Trinajstić information content (AvgIpc) is 2.67. The molecule has 2 atom stereocenters. The molecule has 0 bridgehead atoms. The predicted octanol–water partition coefficient (Wildman–Crippen LogP) is 5.26. The second-order valence-corrected chi connectivity index (χ2v) is 6.20. The molecule has 0 spiro atoms. The first-order chi connectivity index (χ1) is 9.90. The van der Waals surface area contributed by atoms with Gasteiger partial charge in [-0.1, -0.05) is 26.7 Å². The van der Waals surface area contributed by atoms with E-state index in [0.29, 0.717) is 11.8 Å². The third-order valence-corrected chi connectivity index (χ3v) is 4.42. The first kappa shape index (κ1) is 16.1. The SMILES string of the molecule is CC(C)C1CCCC(Nc2c(F)c(F)cc(F)c2F)CC1. The van der Waals surface area contributed by atoms with Crippen LogP contribution in [-0.4, -0.2) is 6.04 Å². The molecule has 1 aliphatic rings. The molecule has 0 radical (unpaired) electrons. The Hall–Kier alpha value is -1.26. The number of anilines is 1. The number of halogens is 4. The Morgan fingerprint density at radius 1 is 0.952 bits per heavy atom. The number of hydrogen-bond donors (Lipinski definition) is 1. The molecule has 1 fully saturated rings. The van der Waals surface area contributed by atoms with E-state index in [9.17, 15) is 17.6 Å². The van der Waals surface area contributed by atoms with Gasteiger partial charge in [0.2, 0.25) is 0 Å². The van der Waals surface area contributed by atoms with E-state index in [1.54, 1.807) is 0 Å². The van der Waals surface area contributed by atoms with Crippen molar-refractivity contribution < 1.29 is 17.6 Å². The second kappa shape index (κ2) is 6.67. The summed E-state index contributed by atoms with van der Waals surface area (Å²) in [6, 6.07) is 0.0801. The third kappa shape index (κ3) is 3.69. The number of hydrogen-bond acceptors (Lipinski definition) is 1. The lowest BCUT2D eigenvalue weighted by atomic mass is 9.89. The van der Waals surface area contributed by atoms with Gasteiger partial charge >= 0.3 is 0 Å². The van der Waals surface area contributed by atoms with Crippen LogP contribution in [0, 0.1) is 35.1 Å². The van der Waals surface area contributed by atoms with Gasteiger partial charge in [0.05, 0.1) is 0 Å². The molecule has 1 aromatic carbocycles. The second-order valence-electron chi connectivity index (χ2n) is 6.20. The molecular formula is C16H21F4N. The minimum absolute atomic E-state index is 0.154. The van der Waals surface area contributed by atoms with E-state index in [1.807, 2.05) is 0 Å². The summed E-state index contributed by atoms with van der Waals surface area (Å²) in [6.45, 7) is 4.33. The average molecular weight is 303 g/mol. The fourth-order valence-corrected chi connectivity index (χ4v) is 3.05. The van der Waals surface area contributed by atoms with Crippen molar-refractivity contribution in [3.8, 4) is 0 Å². The van der Waals surface area contributed by atoms with Crippen LogP contribution in [0.5, 0.6) is 0 Å². The smallest absolute Gasteiger partial charge is 0.185 e. The minimum atomic E-state index is -1.37. The van der Waals surface area contributed by atoms with Crippen molar-refractivity contribution in [2.45, 2.75) is 52.0 Å². The van der Waals surface area contributed by atoms with Crippen LogP contribution < -0.4 is 5.32 Å². The Morgan fingerprint density at radius 2 is 1.57 bits per heavy atom. The Labute approximate surface area is 122 Å². The highest BCUT2D eigenvalue weighted by atomic mass is 19.2. The molecule has 1 aromatic rings. The van der Waals surface area contributed by atoms with Gasteiger partial charge in [0.1, 0.15) is 5.69 Å². The molecule has 21 heavy (non-hydrogen) atoms. The van der Waals surface area contributed by atoms with Gasteiger partial charge in [0, 0.05) is 12.1 Å². The number of rotatable bonds is 3. The Bertz CT molecular complexity index is 475. The van der Waals surface area contributed by atoms with E-state index in [4.69, 9.17) is 0 Å². The van der Waals surface area contributed by atoms with E-state index in [2.05, 4.69) is 19.2 Å². The summed E-state index contributed by atoms with van der Waals surface area (Å²) in [5.74, 6) is -4.27. The highest BCUT2D eigenvalue weighted by Crippen LogP contribution is 2.32. The summed E-state index contributed by atoms with van der Waals surface area (Å²) in [4.78, 5) is 0. The summed E-state index contributed by atoms with van der Waals surface area (Å²) >= 11 is 0. The summed E-state index contributed by atoms with van der Waals surface area (Å²) < 4.78 is 53.7. The summed E-state index contributed by atoms with van der Waals surface area (Å²) in [5.41, 5.74) is -0.680. The van der Waals surface area contributed by atoms with Gasteiger partial charge in [0.25, 0.3) is 0 Å². The van der Waals surface area contributed by atoms with Gasteiger partial charge in [-0.2, -0.15) is 0 Å². The molecule has 1 N–H and O–H groups in total. The Morgan fingerprint density at radius 3 is 2.14 bits per heavy atom. The number of nitrogens with one attached hydrogen (secondary N) is 1. The summed E-state index contributed by atoms with van der Waals surface area (Å²) in [5, 5.41) is 2.67. The molecule has 0 aromatic heterocycles. The van der Waals surface area contributed by atoms with Crippen LogP contribution in [0.25, 0.3) is 0 Å². The molecule has 1 saturated carbocycles. The topological polar surface area (TPSA) is 12.0 Å².